The SMILES string of the molecule is CCCC(=O)OC(OP([NH])(=O)O)c1ccccc1. The van der Waals surface area contributed by atoms with Gasteiger partial charge in [-0.1, -0.05) is 37.3 Å². The van der Waals surface area contributed by atoms with E-state index in [9.17, 15) is 9.36 Å². The van der Waals surface area contributed by atoms with Gasteiger partial charge in [0, 0.05) is 12.0 Å². The molecule has 0 heterocycles. The van der Waals surface area contributed by atoms with Crippen LogP contribution in [0.1, 0.15) is 31.6 Å². The Morgan fingerprint density at radius 2 is 2.06 bits per heavy atom. The topological polar surface area (TPSA) is 96.6 Å². The molecule has 0 aliphatic heterocycles. The van der Waals surface area contributed by atoms with Crippen LogP contribution in [0.15, 0.2) is 30.3 Å². The van der Waals surface area contributed by atoms with E-state index < -0.39 is 20.0 Å². The van der Waals surface area contributed by atoms with Gasteiger partial charge in [-0.05, 0) is 6.42 Å². The summed E-state index contributed by atoms with van der Waals surface area (Å²) in [5.74, 6) is -0.542. The van der Waals surface area contributed by atoms with Crippen molar-refractivity contribution >= 4 is 13.7 Å². The molecule has 0 saturated carbocycles. The Bertz CT molecular complexity index is 430. The number of benzene rings is 1. The van der Waals surface area contributed by atoms with Crippen LogP contribution < -0.4 is 5.50 Å². The van der Waals surface area contributed by atoms with E-state index in [-0.39, 0.29) is 6.42 Å². The lowest BCUT2D eigenvalue weighted by atomic mass is 10.2. The average molecular weight is 272 g/mol. The van der Waals surface area contributed by atoms with Crippen molar-refractivity contribution in [2.75, 3.05) is 0 Å². The van der Waals surface area contributed by atoms with Crippen molar-refractivity contribution in [3.05, 3.63) is 35.9 Å². The van der Waals surface area contributed by atoms with Crippen molar-refractivity contribution in [1.82, 2.24) is 5.50 Å². The molecule has 1 aromatic rings. The zero-order valence-electron chi connectivity index (χ0n) is 9.91. The number of carbonyl (C=O) groups is 1. The molecule has 1 aromatic carbocycles. The predicted octanol–water partition coefficient (Wildman–Crippen LogP) is 2.43. The van der Waals surface area contributed by atoms with Crippen LogP contribution in [-0.2, 0) is 18.6 Å². The van der Waals surface area contributed by atoms with Gasteiger partial charge in [-0.2, -0.15) is 0 Å². The minimum absolute atomic E-state index is 0.181. The maximum absolute atomic E-state index is 11.4. The Labute approximate surface area is 105 Å². The fourth-order valence-corrected chi connectivity index (χ4v) is 1.70. The van der Waals surface area contributed by atoms with Crippen molar-refractivity contribution < 1.29 is 23.5 Å². The summed E-state index contributed by atoms with van der Waals surface area (Å²) in [4.78, 5) is 20.3. The summed E-state index contributed by atoms with van der Waals surface area (Å²) in [6.45, 7) is 1.81. The second-order valence-electron chi connectivity index (χ2n) is 3.61. The van der Waals surface area contributed by atoms with E-state index in [0.717, 1.165) is 0 Å². The van der Waals surface area contributed by atoms with Crippen LogP contribution in [0.3, 0.4) is 0 Å². The summed E-state index contributed by atoms with van der Waals surface area (Å²) in [6.07, 6.45) is -0.558. The Hall–Kier alpha value is -1.20. The van der Waals surface area contributed by atoms with E-state index in [1.807, 2.05) is 0 Å². The fourth-order valence-electron chi connectivity index (χ4n) is 1.27. The number of rotatable bonds is 6. The maximum atomic E-state index is 11.4. The Morgan fingerprint density at radius 3 is 2.56 bits per heavy atom. The van der Waals surface area contributed by atoms with Gasteiger partial charge in [0.25, 0.3) is 0 Å². The number of ether oxygens (including phenoxy) is 1. The zero-order valence-corrected chi connectivity index (χ0v) is 10.8. The Morgan fingerprint density at radius 1 is 1.44 bits per heavy atom. The van der Waals surface area contributed by atoms with Gasteiger partial charge in [0.05, 0.1) is 0 Å². The molecule has 6 nitrogen and oxygen atoms in total. The highest BCUT2D eigenvalue weighted by atomic mass is 31.2. The molecule has 0 aromatic heterocycles. The molecular formula is C11H15NO5P. The second-order valence-corrected chi connectivity index (χ2v) is 4.86. The first kappa shape index (κ1) is 14.9. The molecule has 0 bridgehead atoms. The summed E-state index contributed by atoms with van der Waals surface area (Å²) in [6, 6.07) is 8.25. The van der Waals surface area contributed by atoms with E-state index in [0.29, 0.717) is 12.0 Å². The molecule has 1 rings (SSSR count). The number of hydrogen-bond donors (Lipinski definition) is 1. The van der Waals surface area contributed by atoms with Gasteiger partial charge in [-0.3, -0.25) is 9.32 Å². The predicted molar refractivity (Wildman–Crippen MR) is 64.2 cm³/mol. The molecule has 2 N–H and O–H groups in total. The molecule has 2 unspecified atom stereocenters. The summed E-state index contributed by atoms with van der Waals surface area (Å²) >= 11 is 0. The molecule has 0 saturated heterocycles. The van der Waals surface area contributed by atoms with Gasteiger partial charge in [-0.25, -0.2) is 4.57 Å². The second kappa shape index (κ2) is 6.66. The molecule has 1 radical (unpaired) electrons. The van der Waals surface area contributed by atoms with E-state index >= 15 is 0 Å². The lowest BCUT2D eigenvalue weighted by Gasteiger charge is -2.19. The van der Waals surface area contributed by atoms with Crippen molar-refractivity contribution in [2.45, 2.75) is 26.1 Å². The molecule has 18 heavy (non-hydrogen) atoms. The molecule has 99 valence electrons. The molecule has 2 atom stereocenters. The minimum atomic E-state index is -4.49. The number of esters is 1. The fraction of sp³-hybridized carbons (Fsp3) is 0.364. The zero-order chi connectivity index (χ0) is 13.6. The van der Waals surface area contributed by atoms with Gasteiger partial charge in [0.2, 0.25) is 6.29 Å². The Kier molecular flexibility index (Phi) is 5.50. The normalized spacial score (nSPS) is 15.7. The first-order chi connectivity index (χ1) is 8.42. The molecule has 7 heteroatoms. The summed E-state index contributed by atoms with van der Waals surface area (Å²) in [7, 11) is -4.49. The third kappa shape index (κ3) is 5.42. The van der Waals surface area contributed by atoms with Crippen LogP contribution in [0.25, 0.3) is 0 Å². The number of nitrogens with one attached hydrogen (secondary N) is 1. The van der Waals surface area contributed by atoms with Crippen LogP contribution >= 0.6 is 7.75 Å². The van der Waals surface area contributed by atoms with Crippen molar-refractivity contribution in [3.63, 3.8) is 0 Å². The maximum Gasteiger partial charge on any atom is 0.420 e. The first-order valence-corrected chi connectivity index (χ1v) is 7.01. The van der Waals surface area contributed by atoms with Gasteiger partial charge < -0.3 is 9.63 Å². The van der Waals surface area contributed by atoms with Crippen LogP contribution in [-0.4, -0.2) is 10.9 Å². The molecule has 0 aliphatic carbocycles. The highest BCUT2D eigenvalue weighted by molar-refractivity contribution is 7.49. The standard InChI is InChI=1S/C11H15NO5P/c1-2-6-10(13)16-11(17-18(12,14)15)9-7-4-3-5-8-9/h3-5,7-8,11-12H,2,6H2,1H3,(H,14,15). The van der Waals surface area contributed by atoms with E-state index in [2.05, 4.69) is 4.52 Å². The van der Waals surface area contributed by atoms with E-state index in [1.54, 1.807) is 37.3 Å². The minimum Gasteiger partial charge on any atom is -0.431 e. The first-order valence-electron chi connectivity index (χ1n) is 5.43. The van der Waals surface area contributed by atoms with Crippen LogP contribution in [0.5, 0.6) is 0 Å². The molecule has 0 aliphatic rings. The van der Waals surface area contributed by atoms with Gasteiger partial charge in [0.15, 0.2) is 0 Å². The molecule has 0 spiro atoms. The molecule has 0 fully saturated rings. The molecule has 0 amide bonds. The van der Waals surface area contributed by atoms with Crippen LogP contribution in [0.2, 0.25) is 0 Å². The lowest BCUT2D eigenvalue weighted by Crippen LogP contribution is -2.13. The lowest BCUT2D eigenvalue weighted by molar-refractivity contribution is -0.165. The molecular weight excluding hydrogens is 257 g/mol. The quantitative estimate of drug-likeness (QED) is 0.487. The summed E-state index contributed by atoms with van der Waals surface area (Å²) < 4.78 is 20.5. The number of carbonyl (C=O) groups excluding carboxylic acids is 1. The van der Waals surface area contributed by atoms with Crippen molar-refractivity contribution in [1.29, 1.82) is 0 Å². The smallest absolute Gasteiger partial charge is 0.420 e. The highest BCUT2D eigenvalue weighted by Gasteiger charge is 2.25. The third-order valence-electron chi connectivity index (χ3n) is 2.00. The van der Waals surface area contributed by atoms with Crippen molar-refractivity contribution in [2.24, 2.45) is 0 Å². The van der Waals surface area contributed by atoms with Gasteiger partial charge in [-0.15, -0.1) is 5.50 Å². The van der Waals surface area contributed by atoms with Gasteiger partial charge >= 0.3 is 13.7 Å². The summed E-state index contributed by atoms with van der Waals surface area (Å²) in [5, 5.41) is 0. The highest BCUT2D eigenvalue weighted by Crippen LogP contribution is 2.41. The van der Waals surface area contributed by atoms with Crippen LogP contribution in [0.4, 0.5) is 0 Å². The van der Waals surface area contributed by atoms with Crippen molar-refractivity contribution in [3.8, 4) is 0 Å². The van der Waals surface area contributed by atoms with E-state index in [1.165, 1.54) is 0 Å². The van der Waals surface area contributed by atoms with Crippen LogP contribution in [0, 0.1) is 0 Å². The average Bonchev–Trinajstić information content (AvgIpc) is 2.28. The van der Waals surface area contributed by atoms with E-state index in [4.69, 9.17) is 15.1 Å². The largest absolute Gasteiger partial charge is 0.431 e. The number of hydrogen-bond acceptors (Lipinski definition) is 4. The Balaban J connectivity index is 2.82. The monoisotopic (exact) mass is 272 g/mol. The third-order valence-corrected chi connectivity index (χ3v) is 2.48. The van der Waals surface area contributed by atoms with Gasteiger partial charge in [0.1, 0.15) is 0 Å². The summed E-state index contributed by atoms with van der Waals surface area (Å²) in [5.41, 5.74) is 7.26.